The molecule has 0 bridgehead atoms. The van der Waals surface area contributed by atoms with Gasteiger partial charge in [-0.1, -0.05) is 24.3 Å². The van der Waals surface area contributed by atoms with Gasteiger partial charge in [0.05, 0.1) is 11.3 Å². The summed E-state index contributed by atoms with van der Waals surface area (Å²) >= 11 is 0. The lowest BCUT2D eigenvalue weighted by molar-refractivity contribution is 0.0697. The zero-order valence-corrected chi connectivity index (χ0v) is 15.1. The Bertz CT molecular complexity index is 1170. The molecule has 0 saturated carbocycles. The van der Waals surface area contributed by atoms with Gasteiger partial charge in [-0.05, 0) is 35.3 Å². The number of hydrogen-bond acceptors (Lipinski definition) is 4. The number of fused-ring (bicyclic) bond motifs is 1. The van der Waals surface area contributed by atoms with E-state index in [2.05, 4.69) is 15.4 Å². The standard InChI is InChI=1S/C20H16BFN4O2/c21-15-11-24-26-18(23-10-12-5-7-13(8-6-12)20(27)28)9-17(25-19(15)26)14-3-1-2-4-16(14)22/h1-9,11,23H,10,21H2,(H,27,28). The first-order valence-corrected chi connectivity index (χ1v) is 8.69. The van der Waals surface area contributed by atoms with E-state index in [-0.39, 0.29) is 11.4 Å². The van der Waals surface area contributed by atoms with Crippen LogP contribution in [0.25, 0.3) is 16.9 Å². The van der Waals surface area contributed by atoms with E-state index in [1.807, 2.05) is 7.85 Å². The molecule has 0 radical (unpaired) electrons. The van der Waals surface area contributed by atoms with Crippen LogP contribution in [0.4, 0.5) is 10.2 Å². The van der Waals surface area contributed by atoms with Crippen molar-refractivity contribution in [2.24, 2.45) is 0 Å². The summed E-state index contributed by atoms with van der Waals surface area (Å²) < 4.78 is 15.9. The average Bonchev–Trinajstić information content (AvgIpc) is 3.08. The van der Waals surface area contributed by atoms with Gasteiger partial charge in [-0.2, -0.15) is 9.61 Å². The van der Waals surface area contributed by atoms with Crippen LogP contribution in [-0.4, -0.2) is 33.5 Å². The van der Waals surface area contributed by atoms with Crippen LogP contribution in [0.2, 0.25) is 0 Å². The summed E-state index contributed by atoms with van der Waals surface area (Å²) in [5, 5.41) is 16.6. The highest BCUT2D eigenvalue weighted by molar-refractivity contribution is 6.36. The summed E-state index contributed by atoms with van der Waals surface area (Å²) in [5.74, 6) is -0.637. The molecule has 4 rings (SSSR count). The van der Waals surface area contributed by atoms with Crippen molar-refractivity contribution in [1.82, 2.24) is 14.6 Å². The lowest BCUT2D eigenvalue weighted by Crippen LogP contribution is -2.10. The largest absolute Gasteiger partial charge is 0.478 e. The molecular formula is C20H16BFN4O2. The summed E-state index contributed by atoms with van der Waals surface area (Å²) in [4.78, 5) is 15.5. The molecule has 0 fully saturated rings. The highest BCUT2D eigenvalue weighted by Crippen LogP contribution is 2.24. The number of hydrogen-bond donors (Lipinski definition) is 2. The van der Waals surface area contributed by atoms with E-state index in [9.17, 15) is 9.18 Å². The van der Waals surface area contributed by atoms with Crippen LogP contribution in [0.5, 0.6) is 0 Å². The molecule has 8 heteroatoms. The number of nitrogens with one attached hydrogen (secondary N) is 1. The summed E-state index contributed by atoms with van der Waals surface area (Å²) in [6, 6.07) is 14.9. The molecule has 2 aromatic heterocycles. The third-order valence-corrected chi connectivity index (χ3v) is 4.47. The average molecular weight is 374 g/mol. The van der Waals surface area contributed by atoms with Gasteiger partial charge in [0, 0.05) is 24.4 Å². The molecule has 0 atom stereocenters. The van der Waals surface area contributed by atoms with Gasteiger partial charge in [0.25, 0.3) is 0 Å². The second-order valence-corrected chi connectivity index (χ2v) is 6.43. The molecule has 2 N–H and O–H groups in total. The molecule has 0 aliphatic heterocycles. The molecular weight excluding hydrogens is 358 g/mol. The fourth-order valence-electron chi connectivity index (χ4n) is 2.96. The third-order valence-electron chi connectivity index (χ3n) is 4.47. The number of aromatic nitrogens is 3. The molecule has 0 spiro atoms. The van der Waals surface area contributed by atoms with Crippen molar-refractivity contribution in [3.63, 3.8) is 0 Å². The van der Waals surface area contributed by atoms with Crippen LogP contribution >= 0.6 is 0 Å². The van der Waals surface area contributed by atoms with Gasteiger partial charge in [-0.15, -0.1) is 0 Å². The Labute approximate surface area is 161 Å². The van der Waals surface area contributed by atoms with Gasteiger partial charge >= 0.3 is 5.97 Å². The monoisotopic (exact) mass is 374 g/mol. The van der Waals surface area contributed by atoms with Crippen molar-refractivity contribution in [2.45, 2.75) is 6.54 Å². The molecule has 2 heterocycles. The van der Waals surface area contributed by atoms with Crippen LogP contribution in [0, 0.1) is 5.82 Å². The van der Waals surface area contributed by atoms with E-state index >= 15 is 0 Å². The summed E-state index contributed by atoms with van der Waals surface area (Å²) in [5.41, 5.74) is 3.60. The minimum absolute atomic E-state index is 0.236. The Morgan fingerprint density at radius 3 is 2.64 bits per heavy atom. The maximum Gasteiger partial charge on any atom is 0.335 e. The van der Waals surface area contributed by atoms with E-state index in [0.717, 1.165) is 11.0 Å². The Morgan fingerprint density at radius 2 is 1.93 bits per heavy atom. The number of carboxylic acid groups (broad SMARTS) is 1. The number of aromatic carboxylic acids is 1. The molecule has 0 aliphatic carbocycles. The second kappa shape index (κ2) is 7.15. The van der Waals surface area contributed by atoms with Gasteiger partial charge in [0.2, 0.25) is 0 Å². The van der Waals surface area contributed by atoms with Crippen molar-refractivity contribution in [3.05, 3.63) is 77.7 Å². The first-order chi connectivity index (χ1) is 13.5. The Balaban J connectivity index is 1.69. The van der Waals surface area contributed by atoms with Crippen LogP contribution in [0.15, 0.2) is 60.8 Å². The van der Waals surface area contributed by atoms with Gasteiger partial charge in [0.15, 0.2) is 5.65 Å². The first-order valence-electron chi connectivity index (χ1n) is 8.69. The Kier molecular flexibility index (Phi) is 4.53. The number of halogens is 1. The normalized spacial score (nSPS) is 10.9. The summed E-state index contributed by atoms with van der Waals surface area (Å²) in [7, 11) is 1.90. The molecule has 0 aliphatic rings. The maximum absolute atomic E-state index is 14.3. The van der Waals surface area contributed by atoms with E-state index < -0.39 is 5.97 Å². The minimum atomic E-state index is -0.961. The third kappa shape index (κ3) is 3.32. The predicted octanol–water partition coefficient (Wildman–Crippen LogP) is 2.10. The molecule has 2 aromatic carbocycles. The zero-order chi connectivity index (χ0) is 19.7. The van der Waals surface area contributed by atoms with E-state index in [0.29, 0.717) is 29.3 Å². The van der Waals surface area contributed by atoms with Crippen LogP contribution in [0.3, 0.4) is 0 Å². The van der Waals surface area contributed by atoms with Gasteiger partial charge < -0.3 is 10.4 Å². The fraction of sp³-hybridized carbons (Fsp3) is 0.0500. The minimum Gasteiger partial charge on any atom is -0.478 e. The first kappa shape index (κ1) is 17.7. The van der Waals surface area contributed by atoms with E-state index in [1.54, 1.807) is 59.2 Å². The van der Waals surface area contributed by atoms with Gasteiger partial charge in [0.1, 0.15) is 19.5 Å². The van der Waals surface area contributed by atoms with Crippen molar-refractivity contribution >= 4 is 30.7 Å². The fourth-order valence-corrected chi connectivity index (χ4v) is 2.96. The van der Waals surface area contributed by atoms with Crippen molar-refractivity contribution in [2.75, 3.05) is 5.32 Å². The molecule has 6 nitrogen and oxygen atoms in total. The molecule has 28 heavy (non-hydrogen) atoms. The number of benzene rings is 2. The summed E-state index contributed by atoms with van der Waals surface area (Å²) in [6.07, 6.45) is 1.71. The summed E-state index contributed by atoms with van der Waals surface area (Å²) in [6.45, 7) is 0.453. The Hall–Kier alpha value is -3.68. The molecule has 138 valence electrons. The lowest BCUT2D eigenvalue weighted by Gasteiger charge is -2.12. The number of rotatable bonds is 5. The van der Waals surface area contributed by atoms with Crippen LogP contribution < -0.4 is 10.8 Å². The molecule has 0 unspecified atom stereocenters. The van der Waals surface area contributed by atoms with Crippen LogP contribution in [0.1, 0.15) is 15.9 Å². The number of anilines is 1. The van der Waals surface area contributed by atoms with Crippen molar-refractivity contribution in [1.29, 1.82) is 0 Å². The van der Waals surface area contributed by atoms with Crippen LogP contribution in [-0.2, 0) is 6.54 Å². The molecule has 0 saturated heterocycles. The van der Waals surface area contributed by atoms with E-state index in [1.165, 1.54) is 6.07 Å². The number of nitrogens with zero attached hydrogens (tertiary/aromatic N) is 3. The lowest BCUT2D eigenvalue weighted by atomic mass is 10.0. The van der Waals surface area contributed by atoms with E-state index in [4.69, 9.17) is 5.11 Å². The maximum atomic E-state index is 14.3. The number of carbonyl (C=O) groups is 1. The van der Waals surface area contributed by atoms with Gasteiger partial charge in [-0.3, -0.25) is 0 Å². The van der Waals surface area contributed by atoms with Crippen molar-refractivity contribution in [3.8, 4) is 11.3 Å². The second-order valence-electron chi connectivity index (χ2n) is 6.43. The smallest absolute Gasteiger partial charge is 0.335 e. The Morgan fingerprint density at radius 1 is 1.18 bits per heavy atom. The molecule has 0 amide bonds. The zero-order valence-electron chi connectivity index (χ0n) is 15.1. The SMILES string of the molecule is Bc1cnn2c(NCc3ccc(C(=O)O)cc3)cc(-c3ccccc3F)nc12. The highest BCUT2D eigenvalue weighted by atomic mass is 19.1. The van der Waals surface area contributed by atoms with Crippen molar-refractivity contribution < 1.29 is 14.3 Å². The quantitative estimate of drug-likeness (QED) is 0.523. The molecule has 4 aromatic rings. The predicted molar refractivity (Wildman–Crippen MR) is 107 cm³/mol. The number of carboxylic acids is 1. The highest BCUT2D eigenvalue weighted by Gasteiger charge is 2.13. The topological polar surface area (TPSA) is 79.5 Å². The van der Waals surface area contributed by atoms with Gasteiger partial charge in [-0.25, -0.2) is 14.2 Å².